The van der Waals surface area contributed by atoms with Crippen molar-refractivity contribution in [1.29, 1.82) is 0 Å². The van der Waals surface area contributed by atoms with Crippen LogP contribution in [0.4, 0.5) is 11.6 Å². The fourth-order valence-electron chi connectivity index (χ4n) is 2.03. The summed E-state index contributed by atoms with van der Waals surface area (Å²) in [5.41, 5.74) is 2.33. The number of unbranched alkanes of at least 4 members (excludes halogenated alkanes) is 1. The summed E-state index contributed by atoms with van der Waals surface area (Å²) in [6, 6.07) is 5.80. The fourth-order valence-corrected chi connectivity index (χ4v) is 2.03. The molecule has 2 N–H and O–H groups in total. The van der Waals surface area contributed by atoms with E-state index in [1.807, 2.05) is 25.1 Å². The zero-order valence-corrected chi connectivity index (χ0v) is 13.7. The van der Waals surface area contributed by atoms with E-state index < -0.39 is 0 Å². The van der Waals surface area contributed by atoms with Gasteiger partial charge in [-0.25, -0.2) is 9.97 Å². The lowest BCUT2D eigenvalue weighted by molar-refractivity contribution is 0.0952. The molecule has 0 aliphatic heterocycles. The molecular weight excluding hydrogens is 292 g/mol. The average Bonchev–Trinajstić information content (AvgIpc) is 2.56. The molecular formula is C17H22N4O2. The predicted octanol–water partition coefficient (Wildman–Crippen LogP) is 3.07. The van der Waals surface area contributed by atoms with Crippen molar-refractivity contribution in [2.45, 2.75) is 26.7 Å². The van der Waals surface area contributed by atoms with Crippen LogP contribution in [0, 0.1) is 6.92 Å². The third-order valence-electron chi connectivity index (χ3n) is 3.33. The Balaban J connectivity index is 2.05. The van der Waals surface area contributed by atoms with E-state index in [-0.39, 0.29) is 5.91 Å². The highest BCUT2D eigenvalue weighted by Gasteiger charge is 2.08. The van der Waals surface area contributed by atoms with Crippen LogP contribution in [0.25, 0.3) is 0 Å². The molecule has 6 nitrogen and oxygen atoms in total. The molecule has 0 aliphatic carbocycles. The number of nitrogens with zero attached hydrogens (tertiary/aromatic N) is 2. The third kappa shape index (κ3) is 4.67. The molecule has 122 valence electrons. The number of rotatable bonds is 7. The van der Waals surface area contributed by atoms with Crippen LogP contribution >= 0.6 is 0 Å². The Morgan fingerprint density at radius 3 is 2.65 bits per heavy atom. The predicted molar refractivity (Wildman–Crippen MR) is 90.3 cm³/mol. The van der Waals surface area contributed by atoms with Gasteiger partial charge in [-0.1, -0.05) is 19.4 Å². The van der Waals surface area contributed by atoms with Crippen LogP contribution in [-0.4, -0.2) is 29.5 Å². The van der Waals surface area contributed by atoms with Crippen molar-refractivity contribution < 1.29 is 9.53 Å². The quantitative estimate of drug-likeness (QED) is 0.768. The van der Waals surface area contributed by atoms with E-state index in [1.165, 1.54) is 12.4 Å². The SMILES string of the molecule is CCCCNC(=O)c1cnc(Nc2cc(C)ccc2OC)nc1. The Morgan fingerprint density at radius 1 is 1.26 bits per heavy atom. The molecule has 1 aromatic heterocycles. The lowest BCUT2D eigenvalue weighted by Crippen LogP contribution is -2.24. The van der Waals surface area contributed by atoms with Gasteiger partial charge in [0, 0.05) is 18.9 Å². The van der Waals surface area contributed by atoms with Gasteiger partial charge in [0.15, 0.2) is 0 Å². The minimum absolute atomic E-state index is 0.155. The molecule has 0 saturated carbocycles. The van der Waals surface area contributed by atoms with Crippen molar-refractivity contribution in [3.63, 3.8) is 0 Å². The number of aryl methyl sites for hydroxylation is 1. The fraction of sp³-hybridized carbons (Fsp3) is 0.353. The van der Waals surface area contributed by atoms with Crippen molar-refractivity contribution in [3.8, 4) is 5.75 Å². The van der Waals surface area contributed by atoms with E-state index in [1.54, 1.807) is 7.11 Å². The molecule has 0 radical (unpaired) electrons. The van der Waals surface area contributed by atoms with Crippen LogP contribution in [0.1, 0.15) is 35.7 Å². The summed E-state index contributed by atoms with van der Waals surface area (Å²) in [5, 5.41) is 5.94. The number of nitrogens with one attached hydrogen (secondary N) is 2. The lowest BCUT2D eigenvalue weighted by Gasteiger charge is -2.11. The van der Waals surface area contributed by atoms with Crippen LogP contribution in [0.15, 0.2) is 30.6 Å². The number of hydrogen-bond donors (Lipinski definition) is 2. The zero-order valence-electron chi connectivity index (χ0n) is 13.7. The highest BCUT2D eigenvalue weighted by atomic mass is 16.5. The number of carbonyl (C=O) groups is 1. The van der Waals surface area contributed by atoms with Gasteiger partial charge in [-0.2, -0.15) is 0 Å². The first kappa shape index (κ1) is 16.7. The maximum Gasteiger partial charge on any atom is 0.254 e. The Morgan fingerprint density at radius 2 is 2.00 bits per heavy atom. The van der Waals surface area contributed by atoms with E-state index in [9.17, 15) is 4.79 Å². The molecule has 1 amide bonds. The van der Waals surface area contributed by atoms with Gasteiger partial charge in [-0.3, -0.25) is 4.79 Å². The Bertz CT molecular complexity index is 656. The normalized spacial score (nSPS) is 10.2. The number of ether oxygens (including phenoxy) is 1. The molecule has 0 fully saturated rings. The van der Waals surface area contributed by atoms with Gasteiger partial charge in [-0.05, 0) is 31.0 Å². The topological polar surface area (TPSA) is 76.1 Å². The largest absolute Gasteiger partial charge is 0.495 e. The van der Waals surface area contributed by atoms with Crippen LogP contribution in [0.2, 0.25) is 0 Å². The van der Waals surface area contributed by atoms with Crippen LogP contribution in [0.3, 0.4) is 0 Å². The van der Waals surface area contributed by atoms with Crippen LogP contribution in [-0.2, 0) is 0 Å². The second-order valence-corrected chi connectivity index (χ2v) is 5.23. The van der Waals surface area contributed by atoms with E-state index in [0.717, 1.165) is 24.1 Å². The summed E-state index contributed by atoms with van der Waals surface area (Å²) >= 11 is 0. The number of benzene rings is 1. The van der Waals surface area contributed by atoms with Crippen molar-refractivity contribution in [2.75, 3.05) is 19.0 Å². The second kappa shape index (κ2) is 8.12. The molecule has 0 bridgehead atoms. The molecule has 23 heavy (non-hydrogen) atoms. The van der Waals surface area contributed by atoms with Gasteiger partial charge in [0.05, 0.1) is 18.4 Å². The number of hydrogen-bond acceptors (Lipinski definition) is 5. The van der Waals surface area contributed by atoms with E-state index >= 15 is 0 Å². The monoisotopic (exact) mass is 314 g/mol. The maximum absolute atomic E-state index is 11.9. The Kier molecular flexibility index (Phi) is 5.91. The van der Waals surface area contributed by atoms with Crippen molar-refractivity contribution in [1.82, 2.24) is 15.3 Å². The molecule has 0 saturated heterocycles. The first-order valence-corrected chi connectivity index (χ1v) is 7.66. The molecule has 2 rings (SSSR count). The van der Waals surface area contributed by atoms with Crippen molar-refractivity contribution in [3.05, 3.63) is 41.7 Å². The summed E-state index contributed by atoms with van der Waals surface area (Å²) < 4.78 is 5.31. The van der Waals surface area contributed by atoms with Crippen molar-refractivity contribution in [2.24, 2.45) is 0 Å². The van der Waals surface area contributed by atoms with Crippen LogP contribution < -0.4 is 15.4 Å². The highest BCUT2D eigenvalue weighted by Crippen LogP contribution is 2.27. The van der Waals surface area contributed by atoms with E-state index in [4.69, 9.17) is 4.74 Å². The summed E-state index contributed by atoms with van der Waals surface area (Å²) in [4.78, 5) is 20.3. The first-order chi connectivity index (χ1) is 11.1. The van der Waals surface area contributed by atoms with Gasteiger partial charge in [0.1, 0.15) is 5.75 Å². The molecule has 0 atom stereocenters. The molecule has 2 aromatic rings. The highest BCUT2D eigenvalue weighted by molar-refractivity contribution is 5.93. The van der Waals surface area contributed by atoms with Crippen LogP contribution in [0.5, 0.6) is 5.75 Å². The van der Waals surface area contributed by atoms with E-state index in [2.05, 4.69) is 27.5 Å². The van der Waals surface area contributed by atoms with Gasteiger partial charge in [0.2, 0.25) is 5.95 Å². The summed E-state index contributed by atoms with van der Waals surface area (Å²) in [5.74, 6) is 0.970. The summed E-state index contributed by atoms with van der Waals surface area (Å²) in [6.07, 6.45) is 5.02. The van der Waals surface area contributed by atoms with Gasteiger partial charge in [0.25, 0.3) is 5.91 Å². The van der Waals surface area contributed by atoms with E-state index in [0.29, 0.717) is 23.8 Å². The number of methoxy groups -OCH3 is 1. The molecule has 1 heterocycles. The van der Waals surface area contributed by atoms with Gasteiger partial charge in [-0.15, -0.1) is 0 Å². The molecule has 6 heteroatoms. The Labute approximate surface area is 136 Å². The maximum atomic E-state index is 11.9. The minimum Gasteiger partial charge on any atom is -0.495 e. The minimum atomic E-state index is -0.155. The number of carbonyl (C=O) groups excluding carboxylic acids is 1. The molecule has 0 aliphatic rings. The zero-order chi connectivity index (χ0) is 16.7. The summed E-state index contributed by atoms with van der Waals surface area (Å²) in [6.45, 7) is 4.74. The second-order valence-electron chi connectivity index (χ2n) is 5.23. The van der Waals surface area contributed by atoms with Crippen molar-refractivity contribution >= 4 is 17.5 Å². The van der Waals surface area contributed by atoms with Gasteiger partial charge < -0.3 is 15.4 Å². The smallest absolute Gasteiger partial charge is 0.254 e. The first-order valence-electron chi connectivity index (χ1n) is 7.66. The van der Waals surface area contributed by atoms with Gasteiger partial charge >= 0.3 is 0 Å². The molecule has 0 unspecified atom stereocenters. The Hall–Kier alpha value is -2.63. The standard InChI is InChI=1S/C17H22N4O2/c1-4-5-8-18-16(22)13-10-19-17(20-11-13)21-14-9-12(2)6-7-15(14)23-3/h6-7,9-11H,4-5,8H2,1-3H3,(H,18,22)(H,19,20,21). The number of aromatic nitrogens is 2. The lowest BCUT2D eigenvalue weighted by atomic mass is 10.2. The summed E-state index contributed by atoms with van der Waals surface area (Å²) in [7, 11) is 1.61. The number of anilines is 2. The third-order valence-corrected chi connectivity index (χ3v) is 3.33. The number of amides is 1. The molecule has 0 spiro atoms. The average molecular weight is 314 g/mol. The molecule has 1 aromatic carbocycles.